The number of aromatic nitrogens is 1. The Hall–Kier alpha value is -8.92. The van der Waals surface area contributed by atoms with Crippen molar-refractivity contribution in [2.45, 2.75) is 0 Å². The van der Waals surface area contributed by atoms with Crippen molar-refractivity contribution in [3.05, 3.63) is 255 Å². The minimum absolute atomic E-state index is 0.897. The van der Waals surface area contributed by atoms with E-state index < -0.39 is 0 Å². The Bertz CT molecular complexity index is 3950. The molecule has 0 bridgehead atoms. The van der Waals surface area contributed by atoms with E-state index in [9.17, 15) is 0 Å². The fourth-order valence-electron chi connectivity index (χ4n) is 10.4. The molecule has 314 valence electrons. The molecule has 0 aliphatic rings. The molecular weight excluding hydrogens is 813 g/mol. The highest BCUT2D eigenvalue weighted by Crippen LogP contribution is 2.47. The average Bonchev–Trinajstić information content (AvgIpc) is 3.95. The summed E-state index contributed by atoms with van der Waals surface area (Å²) in [6.07, 6.45) is 0. The summed E-state index contributed by atoms with van der Waals surface area (Å²) in [4.78, 5) is 2.44. The maximum atomic E-state index is 6.51. The van der Waals surface area contributed by atoms with Crippen LogP contribution in [0.2, 0.25) is 0 Å². The fourth-order valence-corrected chi connectivity index (χ4v) is 10.4. The first-order valence-corrected chi connectivity index (χ1v) is 22.9. The summed E-state index contributed by atoms with van der Waals surface area (Å²) in [5, 5.41) is 7.18. The van der Waals surface area contributed by atoms with Crippen molar-refractivity contribution >= 4 is 71.6 Å². The van der Waals surface area contributed by atoms with E-state index in [4.69, 9.17) is 4.42 Å². The SMILES string of the molecule is c1cc(-c2ccccc2N(c2ccc(-c3cccc4c3oc3ccccc34)cc2)c2ccccc2-c2cccc3ccccc23)cc(-c2ccccc2-n2c3ccccc3c3ccccc32)c1. The van der Waals surface area contributed by atoms with Crippen LogP contribution in [0.1, 0.15) is 0 Å². The third-order valence-electron chi connectivity index (χ3n) is 13.4. The molecule has 0 aliphatic heterocycles. The highest BCUT2D eigenvalue weighted by atomic mass is 16.3. The zero-order valence-corrected chi connectivity index (χ0v) is 36.6. The van der Waals surface area contributed by atoms with Crippen LogP contribution in [0.5, 0.6) is 0 Å². The van der Waals surface area contributed by atoms with Gasteiger partial charge in [-0.25, -0.2) is 0 Å². The van der Waals surface area contributed by atoms with Crippen molar-refractivity contribution < 1.29 is 4.42 Å². The molecule has 2 heterocycles. The normalized spacial score (nSPS) is 11.6. The second kappa shape index (κ2) is 16.0. The molecule has 0 N–H and O–H groups in total. The number of rotatable bonds is 8. The van der Waals surface area contributed by atoms with E-state index in [1.807, 2.05) is 12.1 Å². The van der Waals surface area contributed by atoms with Crippen LogP contribution in [0.4, 0.5) is 17.1 Å². The first kappa shape index (κ1) is 38.5. The van der Waals surface area contributed by atoms with Crippen molar-refractivity contribution in [3.63, 3.8) is 0 Å². The van der Waals surface area contributed by atoms with Crippen molar-refractivity contribution in [2.24, 2.45) is 0 Å². The molecule has 11 aromatic carbocycles. The number of hydrogen-bond donors (Lipinski definition) is 0. The summed E-state index contributed by atoms with van der Waals surface area (Å²) in [6.45, 7) is 0. The molecule has 13 aromatic rings. The van der Waals surface area contributed by atoms with Gasteiger partial charge < -0.3 is 13.9 Å². The molecule has 0 amide bonds. The number of anilines is 3. The second-order valence-electron chi connectivity index (χ2n) is 17.2. The summed E-state index contributed by atoms with van der Waals surface area (Å²) >= 11 is 0. The third-order valence-corrected chi connectivity index (χ3v) is 13.4. The number of fused-ring (bicyclic) bond motifs is 7. The fraction of sp³-hybridized carbons (Fsp3) is 0. The predicted octanol–water partition coefficient (Wildman–Crippen LogP) is 18.0. The van der Waals surface area contributed by atoms with Gasteiger partial charge in [-0.1, -0.05) is 200 Å². The van der Waals surface area contributed by atoms with Crippen LogP contribution >= 0.6 is 0 Å². The van der Waals surface area contributed by atoms with E-state index >= 15 is 0 Å². The Labute approximate surface area is 388 Å². The Morgan fingerprint density at radius 3 is 1.60 bits per heavy atom. The van der Waals surface area contributed by atoms with E-state index in [2.05, 4.69) is 252 Å². The summed E-state index contributed by atoms with van der Waals surface area (Å²) in [5.74, 6) is 0. The van der Waals surface area contributed by atoms with Gasteiger partial charge in [0.1, 0.15) is 11.2 Å². The van der Waals surface area contributed by atoms with Crippen LogP contribution in [0.25, 0.3) is 105 Å². The van der Waals surface area contributed by atoms with E-state index in [0.717, 1.165) is 78.1 Å². The highest BCUT2D eigenvalue weighted by Gasteiger charge is 2.23. The van der Waals surface area contributed by atoms with Gasteiger partial charge in [-0.15, -0.1) is 0 Å². The quantitative estimate of drug-likeness (QED) is 0.152. The van der Waals surface area contributed by atoms with Crippen LogP contribution in [0.3, 0.4) is 0 Å². The number of benzene rings is 11. The number of furan rings is 1. The molecule has 0 fully saturated rings. The second-order valence-corrected chi connectivity index (χ2v) is 17.2. The summed E-state index contributed by atoms with van der Waals surface area (Å²) in [6, 6.07) is 92.0. The molecule has 0 aliphatic carbocycles. The van der Waals surface area contributed by atoms with Gasteiger partial charge in [0.05, 0.1) is 28.1 Å². The van der Waals surface area contributed by atoms with Gasteiger partial charge in [-0.3, -0.25) is 0 Å². The van der Waals surface area contributed by atoms with Crippen LogP contribution in [0, 0.1) is 0 Å². The van der Waals surface area contributed by atoms with Crippen LogP contribution in [0.15, 0.2) is 259 Å². The first-order chi connectivity index (χ1) is 33.3. The Morgan fingerprint density at radius 1 is 0.313 bits per heavy atom. The maximum absolute atomic E-state index is 6.51. The van der Waals surface area contributed by atoms with Crippen molar-refractivity contribution in [1.82, 2.24) is 4.57 Å². The van der Waals surface area contributed by atoms with Gasteiger partial charge in [0.25, 0.3) is 0 Å². The molecule has 0 spiro atoms. The van der Waals surface area contributed by atoms with E-state index in [1.54, 1.807) is 0 Å². The molecule has 0 unspecified atom stereocenters. The van der Waals surface area contributed by atoms with Crippen molar-refractivity contribution in [1.29, 1.82) is 0 Å². The molecule has 3 nitrogen and oxygen atoms in total. The van der Waals surface area contributed by atoms with Gasteiger partial charge in [-0.2, -0.15) is 0 Å². The Morgan fingerprint density at radius 2 is 0.821 bits per heavy atom. The van der Waals surface area contributed by atoms with Crippen molar-refractivity contribution in [2.75, 3.05) is 4.90 Å². The lowest BCUT2D eigenvalue weighted by Gasteiger charge is -2.30. The van der Waals surface area contributed by atoms with Gasteiger partial charge in [0.15, 0.2) is 0 Å². The predicted molar refractivity (Wildman–Crippen MR) is 282 cm³/mol. The van der Waals surface area contributed by atoms with Gasteiger partial charge in [0.2, 0.25) is 0 Å². The molecule has 13 rings (SSSR count). The van der Waals surface area contributed by atoms with Crippen LogP contribution < -0.4 is 4.90 Å². The molecular formula is C64H42N2O. The summed E-state index contributed by atoms with van der Waals surface area (Å²) in [5.41, 5.74) is 17.6. The van der Waals surface area contributed by atoms with Crippen LogP contribution in [-0.4, -0.2) is 4.57 Å². The van der Waals surface area contributed by atoms with E-state index in [1.165, 1.54) is 43.7 Å². The lowest BCUT2D eigenvalue weighted by atomic mass is 9.94. The topological polar surface area (TPSA) is 21.3 Å². The number of nitrogens with zero attached hydrogens (tertiary/aromatic N) is 2. The number of hydrogen-bond acceptors (Lipinski definition) is 2. The molecule has 0 saturated heterocycles. The molecule has 2 aromatic heterocycles. The smallest absolute Gasteiger partial charge is 0.143 e. The van der Waals surface area contributed by atoms with E-state index in [0.29, 0.717) is 0 Å². The Kier molecular flexibility index (Phi) is 9.17. The van der Waals surface area contributed by atoms with Crippen LogP contribution in [-0.2, 0) is 0 Å². The highest BCUT2D eigenvalue weighted by molar-refractivity contribution is 6.11. The van der Waals surface area contributed by atoms with Gasteiger partial charge >= 0.3 is 0 Å². The van der Waals surface area contributed by atoms with Crippen molar-refractivity contribution in [3.8, 4) is 50.2 Å². The molecule has 3 heteroatoms. The minimum atomic E-state index is 0.897. The Balaban J connectivity index is 0.986. The summed E-state index contributed by atoms with van der Waals surface area (Å²) in [7, 11) is 0. The lowest BCUT2D eigenvalue weighted by molar-refractivity contribution is 0.670. The lowest BCUT2D eigenvalue weighted by Crippen LogP contribution is -2.12. The van der Waals surface area contributed by atoms with E-state index in [-0.39, 0.29) is 0 Å². The monoisotopic (exact) mass is 854 g/mol. The third kappa shape index (κ3) is 6.43. The van der Waals surface area contributed by atoms with Gasteiger partial charge in [-0.05, 0) is 87.6 Å². The average molecular weight is 855 g/mol. The molecule has 0 radical (unpaired) electrons. The molecule has 67 heavy (non-hydrogen) atoms. The zero-order chi connectivity index (χ0) is 44.3. The first-order valence-electron chi connectivity index (χ1n) is 22.9. The standard InChI is InChI=1S/C64H42N2O/c1-2-22-48-43(18-1)19-16-30-52(48)53-25-5-11-34-60(53)65(47-40-38-44(39-41-47)51-29-17-31-57-56-28-8-14-37-63(56)67-64(51)57)58-32-9-3-23-49(58)45-20-15-21-46(42-45)50-24-4-10-33-59(50)66-61-35-12-6-26-54(61)55-27-7-13-36-62(55)66/h1-42H. The number of para-hydroxylation sites is 7. The molecule has 0 saturated carbocycles. The maximum Gasteiger partial charge on any atom is 0.143 e. The zero-order valence-electron chi connectivity index (χ0n) is 36.6. The summed E-state index contributed by atoms with van der Waals surface area (Å²) < 4.78 is 8.94. The largest absolute Gasteiger partial charge is 0.455 e. The minimum Gasteiger partial charge on any atom is -0.455 e. The van der Waals surface area contributed by atoms with Gasteiger partial charge in [0, 0.05) is 49.5 Å². The molecule has 0 atom stereocenters.